The number of aliphatic hydroxyl groups is 3. The quantitative estimate of drug-likeness (QED) is 0.367. The number of aliphatic carboxylic acids is 2. The van der Waals surface area contributed by atoms with Crippen LogP contribution in [0.2, 0.25) is 0 Å². The summed E-state index contributed by atoms with van der Waals surface area (Å²) in [5.41, 5.74) is 1.89. The molecule has 1 saturated heterocycles. The number of carboxylic acids is 2. The zero-order chi connectivity index (χ0) is 24.7. The van der Waals surface area contributed by atoms with Gasteiger partial charge in [0.15, 0.2) is 12.2 Å². The van der Waals surface area contributed by atoms with Gasteiger partial charge in [0.05, 0.1) is 5.60 Å². The van der Waals surface area contributed by atoms with Gasteiger partial charge in [0.1, 0.15) is 5.75 Å². The third-order valence-electron chi connectivity index (χ3n) is 8.60. The first-order valence-corrected chi connectivity index (χ1v) is 12.2. The molecular weight excluding hydrogens is 442 g/mol. The lowest BCUT2D eigenvalue weighted by atomic mass is 9.49. The van der Waals surface area contributed by atoms with Crippen molar-refractivity contribution in [1.29, 1.82) is 0 Å². The maximum atomic E-state index is 11.9. The summed E-state index contributed by atoms with van der Waals surface area (Å²) in [7, 11) is 0. The van der Waals surface area contributed by atoms with Gasteiger partial charge in [0.25, 0.3) is 0 Å². The van der Waals surface area contributed by atoms with Crippen molar-refractivity contribution < 1.29 is 40.2 Å². The Balaban J connectivity index is 0.000000235. The van der Waals surface area contributed by atoms with E-state index in [-0.39, 0.29) is 11.5 Å². The summed E-state index contributed by atoms with van der Waals surface area (Å²) in [6.07, 6.45) is 5.93. The van der Waals surface area contributed by atoms with Crippen molar-refractivity contribution in [2.45, 2.75) is 87.1 Å². The second kappa shape index (κ2) is 9.45. The Morgan fingerprint density at radius 2 is 1.65 bits per heavy atom. The fourth-order valence-electron chi connectivity index (χ4n) is 6.59. The molecule has 1 aliphatic heterocycles. The van der Waals surface area contributed by atoms with Crippen molar-refractivity contribution in [1.82, 2.24) is 4.90 Å². The zero-order valence-corrected chi connectivity index (χ0v) is 19.3. The Morgan fingerprint density at radius 3 is 2.24 bits per heavy atom. The minimum Gasteiger partial charge on any atom is -0.508 e. The fraction of sp³-hybridized carbons (Fsp3) is 0.680. The molecule has 0 aromatic heterocycles. The van der Waals surface area contributed by atoms with Crippen LogP contribution >= 0.6 is 0 Å². The average Bonchev–Trinajstić information content (AvgIpc) is 2.76. The van der Waals surface area contributed by atoms with E-state index in [0.717, 1.165) is 44.6 Å². The number of piperidine rings is 1. The van der Waals surface area contributed by atoms with Crippen LogP contribution in [-0.2, 0) is 21.4 Å². The molecule has 2 unspecified atom stereocenters. The highest BCUT2D eigenvalue weighted by atomic mass is 16.4. The number of hydrogen-bond donors (Lipinski definition) is 6. The van der Waals surface area contributed by atoms with E-state index in [1.807, 2.05) is 12.1 Å². The Morgan fingerprint density at radius 1 is 1.00 bits per heavy atom. The Hall–Kier alpha value is -2.20. The fourth-order valence-corrected chi connectivity index (χ4v) is 6.59. The summed E-state index contributed by atoms with van der Waals surface area (Å²) in [5, 5.41) is 54.6. The molecule has 3 aliphatic carbocycles. The zero-order valence-electron chi connectivity index (χ0n) is 19.3. The average molecular weight is 478 g/mol. The number of phenols is 1. The normalized spacial score (nSPS) is 32.1. The molecule has 4 aliphatic rings. The van der Waals surface area contributed by atoms with Crippen LogP contribution in [0.25, 0.3) is 0 Å². The van der Waals surface area contributed by atoms with E-state index in [0.29, 0.717) is 5.75 Å². The highest BCUT2D eigenvalue weighted by molar-refractivity contribution is 5.83. The highest BCUT2D eigenvalue weighted by Gasteiger charge is 2.63. The van der Waals surface area contributed by atoms with Crippen LogP contribution < -0.4 is 0 Å². The van der Waals surface area contributed by atoms with Gasteiger partial charge in [-0.05, 0) is 74.2 Å². The van der Waals surface area contributed by atoms with E-state index in [4.69, 9.17) is 20.4 Å². The highest BCUT2D eigenvalue weighted by Crippen LogP contribution is 2.58. The number of phenolic OH excluding ortho intramolecular Hbond substituents is 1. The molecule has 0 spiro atoms. The third kappa shape index (κ3) is 4.19. The van der Waals surface area contributed by atoms with Crippen molar-refractivity contribution in [2.24, 2.45) is 5.92 Å². The van der Waals surface area contributed by atoms with Crippen LogP contribution in [-0.4, -0.2) is 84.4 Å². The molecular formula is C25H35NO8. The van der Waals surface area contributed by atoms with Gasteiger partial charge < -0.3 is 30.6 Å². The Kier molecular flexibility index (Phi) is 6.92. The van der Waals surface area contributed by atoms with E-state index in [2.05, 4.69) is 11.0 Å². The van der Waals surface area contributed by atoms with Crippen LogP contribution in [0.5, 0.6) is 5.75 Å². The van der Waals surface area contributed by atoms with Gasteiger partial charge in [0.2, 0.25) is 0 Å². The molecule has 34 heavy (non-hydrogen) atoms. The van der Waals surface area contributed by atoms with Crippen molar-refractivity contribution in [2.75, 3.05) is 13.1 Å². The number of aromatic hydroxyl groups is 1. The van der Waals surface area contributed by atoms with Gasteiger partial charge in [-0.1, -0.05) is 25.3 Å². The molecule has 2 saturated carbocycles. The number of carboxylic acid groups (broad SMARTS) is 2. The van der Waals surface area contributed by atoms with Crippen molar-refractivity contribution in [3.63, 3.8) is 0 Å². The molecule has 5 atom stereocenters. The first kappa shape index (κ1) is 24.9. The summed E-state index contributed by atoms with van der Waals surface area (Å²) in [6.45, 7) is 2.29. The number of aliphatic hydroxyl groups excluding tert-OH is 2. The molecule has 188 valence electrons. The lowest BCUT2D eigenvalue weighted by Gasteiger charge is -2.64. The van der Waals surface area contributed by atoms with Crippen LogP contribution in [0.1, 0.15) is 62.5 Å². The van der Waals surface area contributed by atoms with Crippen LogP contribution in [0, 0.1) is 5.92 Å². The second-order valence-corrected chi connectivity index (χ2v) is 10.4. The number of nitrogens with zero attached hydrogens (tertiary/aromatic N) is 1. The molecule has 1 aromatic rings. The Bertz CT molecular complexity index is 915. The first-order valence-electron chi connectivity index (χ1n) is 12.2. The van der Waals surface area contributed by atoms with E-state index in [9.17, 15) is 19.8 Å². The molecule has 3 fully saturated rings. The van der Waals surface area contributed by atoms with Gasteiger partial charge >= 0.3 is 11.9 Å². The largest absolute Gasteiger partial charge is 0.508 e. The van der Waals surface area contributed by atoms with Gasteiger partial charge in [0, 0.05) is 18.0 Å². The van der Waals surface area contributed by atoms with Crippen molar-refractivity contribution in [3.05, 3.63) is 29.3 Å². The maximum absolute atomic E-state index is 11.9. The predicted octanol–water partition coefficient (Wildman–Crippen LogP) is 1.24. The molecule has 1 aromatic carbocycles. The van der Waals surface area contributed by atoms with E-state index in [1.165, 1.54) is 43.4 Å². The molecule has 0 amide bonds. The predicted molar refractivity (Wildman–Crippen MR) is 122 cm³/mol. The number of hydrogen-bond acceptors (Lipinski definition) is 7. The van der Waals surface area contributed by atoms with Crippen molar-refractivity contribution in [3.8, 4) is 5.75 Å². The van der Waals surface area contributed by atoms with Gasteiger partial charge in [-0.3, -0.25) is 4.90 Å². The summed E-state index contributed by atoms with van der Waals surface area (Å²) in [4.78, 5) is 22.2. The molecule has 5 rings (SSSR count). The standard InChI is InChI=1S/C21H29NO2.C4H6O6/c23-17-7-6-16-12-19-21(24)9-2-1-8-20(21,18(16)13-17)10-11-22(19)14-15-4-3-5-15;5-1(3(7)8)2(6)4(9)10/h6-7,13,15,19,23-24H,1-5,8-12,14H2;1-2,5-6H,(H,7,8)(H,9,10)/t19-,20+,21+;/m0./s1. The molecule has 9 nitrogen and oxygen atoms in total. The molecule has 0 radical (unpaired) electrons. The van der Waals surface area contributed by atoms with Crippen LogP contribution in [0.15, 0.2) is 18.2 Å². The minimum atomic E-state index is -2.27. The van der Waals surface area contributed by atoms with Gasteiger partial charge in [-0.25, -0.2) is 9.59 Å². The third-order valence-corrected chi connectivity index (χ3v) is 8.60. The van der Waals surface area contributed by atoms with Gasteiger partial charge in [-0.15, -0.1) is 0 Å². The van der Waals surface area contributed by atoms with E-state index >= 15 is 0 Å². The monoisotopic (exact) mass is 477 g/mol. The second-order valence-electron chi connectivity index (χ2n) is 10.4. The number of benzene rings is 1. The summed E-state index contributed by atoms with van der Waals surface area (Å²) < 4.78 is 0. The molecule has 9 heteroatoms. The van der Waals surface area contributed by atoms with Crippen molar-refractivity contribution >= 4 is 11.9 Å². The number of rotatable bonds is 5. The number of fused-ring (bicyclic) bond motifs is 1. The smallest absolute Gasteiger partial charge is 0.335 e. The topological polar surface area (TPSA) is 159 Å². The van der Waals surface area contributed by atoms with Gasteiger partial charge in [-0.2, -0.15) is 0 Å². The minimum absolute atomic E-state index is 0.127. The summed E-state index contributed by atoms with van der Waals surface area (Å²) in [5.74, 6) is -2.33. The molecule has 6 N–H and O–H groups in total. The molecule has 2 bridgehead atoms. The van der Waals surface area contributed by atoms with Crippen LogP contribution in [0.3, 0.4) is 0 Å². The maximum Gasteiger partial charge on any atom is 0.335 e. The van der Waals surface area contributed by atoms with E-state index < -0.39 is 29.7 Å². The number of carbonyl (C=O) groups is 2. The lowest BCUT2D eigenvalue weighted by Crippen LogP contribution is -2.72. The summed E-state index contributed by atoms with van der Waals surface area (Å²) >= 11 is 0. The Labute approximate surface area is 198 Å². The SMILES string of the molecule is O=C(O)C(O)C(O)C(=O)O.Oc1ccc2c(c1)[C@]13CCCC[C@@]1(O)[C@H](C2)N(CC1CCC1)CC3. The lowest BCUT2D eigenvalue weighted by molar-refractivity contribution is -0.169. The molecule has 1 heterocycles. The number of likely N-dealkylation sites (tertiary alicyclic amines) is 1. The summed E-state index contributed by atoms with van der Waals surface area (Å²) in [6, 6.07) is 6.17. The van der Waals surface area contributed by atoms with Crippen LogP contribution in [0.4, 0.5) is 0 Å². The first-order chi connectivity index (χ1) is 16.1. The van der Waals surface area contributed by atoms with E-state index in [1.54, 1.807) is 0 Å².